The third-order valence-corrected chi connectivity index (χ3v) is 24.1. The van der Waals surface area contributed by atoms with Gasteiger partial charge in [-0.15, -0.1) is 0 Å². The highest BCUT2D eigenvalue weighted by Crippen LogP contribution is 2.51. The minimum atomic E-state index is -2.44. The number of aliphatic hydroxyl groups excluding tert-OH is 4. The summed E-state index contributed by atoms with van der Waals surface area (Å²) in [7, 11) is 8.86. The molecule has 1 fully saturated rings. The number of fused-ring (bicyclic) bond motifs is 13. The van der Waals surface area contributed by atoms with Crippen LogP contribution in [0.3, 0.4) is 0 Å². The normalized spacial score (nSPS) is 22.2. The van der Waals surface area contributed by atoms with E-state index < -0.39 is 211 Å². The molecule has 0 aliphatic carbocycles. The fourth-order valence-electron chi connectivity index (χ4n) is 16.5. The quantitative estimate of drug-likeness (QED) is 0.0226. The van der Waals surface area contributed by atoms with Gasteiger partial charge in [-0.05, 0) is 221 Å². The first-order valence-electron chi connectivity index (χ1n) is 44.2. The van der Waals surface area contributed by atoms with E-state index in [1.807, 2.05) is 37.7 Å². The first-order valence-corrected chi connectivity index (χ1v) is 44.9. The van der Waals surface area contributed by atoms with Gasteiger partial charge in [-0.1, -0.05) is 104 Å². The van der Waals surface area contributed by atoms with Crippen LogP contribution in [-0.2, 0) is 56.2 Å². The van der Waals surface area contributed by atoms with E-state index in [1.165, 1.54) is 66.7 Å². The number of carbonyl (C=O) groups is 8. The van der Waals surface area contributed by atoms with E-state index >= 15 is 33.6 Å². The molecule has 15 bridgehead atoms. The summed E-state index contributed by atoms with van der Waals surface area (Å²) in [5.74, 6) is -15.2. The molecule has 135 heavy (non-hydrogen) atoms. The lowest BCUT2D eigenvalue weighted by Gasteiger charge is -2.42. The van der Waals surface area contributed by atoms with Crippen LogP contribution in [0.1, 0.15) is 145 Å². The first-order chi connectivity index (χ1) is 64.7. The molecule has 9 aromatic carbocycles. The molecule has 0 spiro atoms. The number of rotatable bonds is 26. The lowest BCUT2D eigenvalue weighted by molar-refractivity contribution is -0.235. The number of aromatic hydroxyl groups is 5. The van der Waals surface area contributed by atoms with Crippen molar-refractivity contribution < 1.29 is 117 Å². The van der Waals surface area contributed by atoms with Crippen molar-refractivity contribution in [1.82, 2.24) is 62.6 Å². The molecule has 14 unspecified atom stereocenters. The summed E-state index contributed by atoms with van der Waals surface area (Å²) >= 11 is 14.8. The summed E-state index contributed by atoms with van der Waals surface area (Å²) < 4.78 is 45.8. The Morgan fingerprint density at radius 3 is 1.56 bits per heavy atom. The monoisotopic (exact) mass is 1890 g/mol. The van der Waals surface area contributed by atoms with E-state index in [0.29, 0.717) is 61.8 Å². The number of phenolic OH excluding ortho intramolecular Hbond substituents is 5. The number of amides is 8. The zero-order valence-electron chi connectivity index (χ0n) is 74.8. The Balaban J connectivity index is 0.996. The Hall–Kier alpha value is -13.2. The fourth-order valence-corrected chi connectivity index (χ4v) is 17.0. The van der Waals surface area contributed by atoms with E-state index in [9.17, 15) is 50.8 Å². The van der Waals surface area contributed by atoms with Crippen molar-refractivity contribution >= 4 is 70.5 Å². The highest BCUT2D eigenvalue weighted by atomic mass is 35.5. The van der Waals surface area contributed by atoms with Gasteiger partial charge in [0.15, 0.2) is 29.1 Å². The molecule has 7 aliphatic heterocycles. The number of aliphatic hydroxyl groups is 4. The molecule has 14 atom stereocenters. The largest absolute Gasteiger partial charge is 0.508 e. The molecule has 7 heterocycles. The van der Waals surface area contributed by atoms with Crippen LogP contribution in [0.25, 0.3) is 11.1 Å². The van der Waals surface area contributed by atoms with Gasteiger partial charge < -0.3 is 137 Å². The van der Waals surface area contributed by atoms with E-state index in [-0.39, 0.29) is 76.5 Å². The predicted octanol–water partition coefficient (Wildman–Crippen LogP) is 8.34. The number of benzene rings is 9. The van der Waals surface area contributed by atoms with Gasteiger partial charge in [0.05, 0.1) is 29.3 Å². The molecule has 16 rings (SSSR count). The molecular formula is C97H108Cl2N12O24. The Morgan fingerprint density at radius 1 is 0.459 bits per heavy atom. The molecule has 9 aromatic rings. The standard InChI is InChI=1S/C97H108Cl2N12O24/c1-8-10-35-129-58-24-17-49(18-25-58)47-102-81-85(119)86(120)88(96(128)101-32-14-34-110(5)6)135-97(81)134-87-71-42-55-43-72(87)133-69-30-23-53(40-64(69)99)84(118)80-93(125)104-75(54-37-56(112)44-60(38-54)131-70-41-51(21-28-65(70)114)82(95(127)108-80)111(7)48-50-19-26-59(27-20-50)130-36-11-9-2)90(122)103-76(55)91(123)105-77-61-15-12-16-66(115)73(61)74-62(45-57(113)46-67(74)116)78(89(121)100-31-13-33-109(3)4)106-94(126)79(107-92(77)124)83(117)52-22-29-68(132-71)63(98)39-52/h12,15-30,37-46,75-86,88,97,102,112-120H,8-11,13-14,31-36,47-48H2,1-7H3,(H,100,121)(H,101,128)(H,103,122)(H,104,125)(H,105,123)(H,106,126)(H,107,124)(H,108,127). The number of likely N-dealkylation sites (N-methyl/N-ethyl adjacent to an activating group) is 1. The number of phenols is 5. The van der Waals surface area contributed by atoms with Gasteiger partial charge in [0, 0.05) is 49.4 Å². The molecule has 0 aromatic heterocycles. The molecule has 7 aliphatic rings. The second-order valence-corrected chi connectivity index (χ2v) is 35.0. The van der Waals surface area contributed by atoms with Crippen molar-refractivity contribution in [3.05, 3.63) is 224 Å². The molecule has 8 amide bonds. The first kappa shape index (κ1) is 97.8. The van der Waals surface area contributed by atoms with Crippen molar-refractivity contribution in [2.75, 3.05) is 74.6 Å². The van der Waals surface area contributed by atoms with E-state index in [2.05, 4.69) is 47.9 Å². The highest BCUT2D eigenvalue weighted by molar-refractivity contribution is 6.32. The number of carbonyl (C=O) groups excluding carboxylic acids is 8. The SMILES string of the molecule is CCCCOc1ccc(CNC2C(Oc3c4cc5cc3Oc3ccc(cc3Cl)C(O)C3NC(=O)C(N(C)Cc6ccc(OCCCC)cc6)c6ccc(O)c(c6)Oc6cc(O)cc(c6)C(NC3=O)C(=O)NC5C(=O)NC3C(=O)NC(C(=O)NC(C(=O)NCCCN(C)C)c5cc(O)cc(O)c5-c5c(O)cccc53)C(O)c3ccc(c(Cl)c3)O4)OC(C(=O)NCCCN(C)C)C(O)C2O)cc1. The van der Waals surface area contributed by atoms with Gasteiger partial charge in [-0.25, -0.2) is 0 Å². The Bertz CT molecular complexity index is 5880. The minimum absolute atomic E-state index is 0.0235. The number of nitrogens with zero attached hydrogens (tertiary/aromatic N) is 3. The number of halogens is 2. The molecule has 18 N–H and O–H groups in total. The molecule has 0 radical (unpaired) electrons. The van der Waals surface area contributed by atoms with Crippen LogP contribution in [0.15, 0.2) is 164 Å². The maximum Gasteiger partial charge on any atom is 0.252 e. The topological polar surface area (TPSA) is 501 Å². The van der Waals surface area contributed by atoms with Gasteiger partial charge >= 0.3 is 0 Å². The van der Waals surface area contributed by atoms with Crippen LogP contribution < -0.4 is 76.3 Å². The third kappa shape index (κ3) is 22.9. The van der Waals surface area contributed by atoms with Gasteiger partial charge in [-0.2, -0.15) is 0 Å². The average molecular weight is 1900 g/mol. The smallest absolute Gasteiger partial charge is 0.252 e. The summed E-state index contributed by atoms with van der Waals surface area (Å²) in [6.07, 6.45) is -8.14. The van der Waals surface area contributed by atoms with Gasteiger partial charge in [0.25, 0.3) is 5.91 Å². The van der Waals surface area contributed by atoms with Crippen molar-refractivity contribution in [3.8, 4) is 91.6 Å². The van der Waals surface area contributed by atoms with Crippen molar-refractivity contribution in [3.63, 3.8) is 0 Å². The highest BCUT2D eigenvalue weighted by Gasteiger charge is 2.51. The number of hydrogen-bond donors (Lipinski definition) is 18. The Labute approximate surface area is 787 Å². The second kappa shape index (κ2) is 43.4. The summed E-state index contributed by atoms with van der Waals surface area (Å²) in [5, 5.41) is 135. The molecule has 0 saturated carbocycles. The number of ether oxygens (including phenoxy) is 7. The van der Waals surface area contributed by atoms with Gasteiger partial charge in [-0.3, -0.25) is 43.3 Å². The van der Waals surface area contributed by atoms with E-state index in [4.69, 9.17) is 56.4 Å². The third-order valence-electron chi connectivity index (χ3n) is 23.6. The Kier molecular flexibility index (Phi) is 31.4. The van der Waals surface area contributed by atoms with Crippen molar-refractivity contribution in [2.24, 2.45) is 0 Å². The van der Waals surface area contributed by atoms with Crippen molar-refractivity contribution in [2.45, 2.75) is 151 Å². The summed E-state index contributed by atoms with van der Waals surface area (Å²) in [5.41, 5.74) is -1.75. The fraction of sp³-hybridized carbons (Fsp3) is 0.361. The zero-order valence-corrected chi connectivity index (χ0v) is 76.3. The molecule has 714 valence electrons. The van der Waals surface area contributed by atoms with Gasteiger partial charge in [0.2, 0.25) is 53.4 Å². The summed E-state index contributed by atoms with van der Waals surface area (Å²) in [6.45, 7) is 5.90. The van der Waals surface area contributed by atoms with Crippen LogP contribution in [-0.4, -0.2) is 225 Å². The second-order valence-electron chi connectivity index (χ2n) is 34.2. The van der Waals surface area contributed by atoms with Crippen LogP contribution >= 0.6 is 23.2 Å². The summed E-state index contributed by atoms with van der Waals surface area (Å²) in [6, 6.07) is 19.6. The lowest BCUT2D eigenvalue weighted by atomic mass is 9.87. The minimum Gasteiger partial charge on any atom is -0.508 e. The molecular weight excluding hydrogens is 1790 g/mol. The average Bonchev–Trinajstić information content (AvgIpc) is 1.73. The zero-order chi connectivity index (χ0) is 96.3. The molecule has 36 nitrogen and oxygen atoms in total. The number of unbranched alkanes of at least 4 members (excludes halogenated alkanes) is 2. The van der Waals surface area contributed by atoms with Crippen LogP contribution in [0.2, 0.25) is 10.0 Å². The molecule has 1 saturated heterocycles. The summed E-state index contributed by atoms with van der Waals surface area (Å²) in [4.78, 5) is 133. The van der Waals surface area contributed by atoms with Gasteiger partial charge in [0.1, 0.15) is 118 Å². The van der Waals surface area contributed by atoms with Crippen LogP contribution in [0, 0.1) is 0 Å². The van der Waals surface area contributed by atoms with Crippen molar-refractivity contribution in [1.29, 1.82) is 0 Å². The maximum atomic E-state index is 17.1. The number of hydrogen-bond acceptors (Lipinski definition) is 28. The van der Waals surface area contributed by atoms with E-state index in [0.717, 1.165) is 74.2 Å². The Morgan fingerprint density at radius 2 is 0.978 bits per heavy atom. The number of nitrogens with one attached hydrogen (secondary N) is 9. The maximum absolute atomic E-state index is 17.1. The van der Waals surface area contributed by atoms with Crippen LogP contribution in [0.5, 0.6) is 80.5 Å². The molecule has 38 heteroatoms. The van der Waals surface area contributed by atoms with Crippen LogP contribution in [0.4, 0.5) is 0 Å². The predicted molar refractivity (Wildman–Crippen MR) is 492 cm³/mol. The van der Waals surface area contributed by atoms with E-state index in [1.54, 1.807) is 74.6 Å². The lowest BCUT2D eigenvalue weighted by Crippen LogP contribution is -2.66.